The number of hydrogen-bond donors (Lipinski definition) is 1. The average Bonchev–Trinajstić information content (AvgIpc) is 3.39. The van der Waals surface area contributed by atoms with Gasteiger partial charge in [-0.05, 0) is 20.3 Å². The van der Waals surface area contributed by atoms with Gasteiger partial charge in [-0.25, -0.2) is 9.98 Å². The number of aliphatic imine (C=N–C) groups is 1. The largest absolute Gasteiger partial charge is 0.474 e. The predicted molar refractivity (Wildman–Crippen MR) is 98.4 cm³/mol. The van der Waals surface area contributed by atoms with Crippen LogP contribution in [0.15, 0.2) is 39.7 Å². The van der Waals surface area contributed by atoms with Crippen molar-refractivity contribution in [1.82, 2.24) is 4.98 Å². The normalized spacial score (nSPS) is 20.5. The van der Waals surface area contributed by atoms with Crippen LogP contribution in [0.25, 0.3) is 11.3 Å². The Morgan fingerprint density at radius 1 is 1.19 bits per heavy atom. The topological polar surface area (TPSA) is 86.3 Å². The van der Waals surface area contributed by atoms with E-state index in [2.05, 4.69) is 9.98 Å². The molecule has 2 aliphatic heterocycles. The first-order valence-corrected chi connectivity index (χ1v) is 9.22. The van der Waals surface area contributed by atoms with Crippen molar-refractivity contribution < 1.29 is 23.7 Å². The molecule has 144 valence electrons. The second-order valence-corrected chi connectivity index (χ2v) is 7.38. The van der Waals surface area contributed by atoms with E-state index in [1.807, 2.05) is 44.2 Å². The Morgan fingerprint density at radius 2 is 1.93 bits per heavy atom. The van der Waals surface area contributed by atoms with Crippen LogP contribution in [-0.2, 0) is 14.2 Å². The van der Waals surface area contributed by atoms with Crippen molar-refractivity contribution in [1.29, 1.82) is 0 Å². The van der Waals surface area contributed by atoms with Gasteiger partial charge in [0.15, 0.2) is 17.7 Å². The molecule has 2 aromatic rings. The van der Waals surface area contributed by atoms with E-state index in [1.54, 1.807) is 0 Å². The monoisotopic (exact) mass is 372 g/mol. The number of oxazole rings is 1. The van der Waals surface area contributed by atoms with E-state index in [4.69, 9.17) is 18.6 Å². The Balaban J connectivity index is 1.61. The smallest absolute Gasteiger partial charge is 0.240 e. The quantitative estimate of drug-likeness (QED) is 0.839. The molecule has 0 bridgehead atoms. The molecule has 1 aromatic carbocycles. The molecule has 7 nitrogen and oxygen atoms in total. The average molecular weight is 372 g/mol. The number of aliphatic hydroxyl groups excluding tert-OH is 1. The van der Waals surface area contributed by atoms with Gasteiger partial charge in [0.25, 0.3) is 0 Å². The summed E-state index contributed by atoms with van der Waals surface area (Å²) in [6.45, 7) is 5.67. The number of aromatic nitrogens is 1. The van der Waals surface area contributed by atoms with Crippen molar-refractivity contribution in [2.24, 2.45) is 4.99 Å². The van der Waals surface area contributed by atoms with Crippen LogP contribution in [0.5, 0.6) is 0 Å². The Bertz CT molecular complexity index is 809. The van der Waals surface area contributed by atoms with Gasteiger partial charge in [-0.15, -0.1) is 0 Å². The molecule has 1 atom stereocenters. The third-order valence-corrected chi connectivity index (χ3v) is 4.50. The molecule has 7 heteroatoms. The molecule has 0 amide bonds. The van der Waals surface area contributed by atoms with Crippen LogP contribution in [-0.4, -0.2) is 47.6 Å². The van der Waals surface area contributed by atoms with Crippen molar-refractivity contribution in [3.63, 3.8) is 0 Å². The van der Waals surface area contributed by atoms with E-state index in [0.717, 1.165) is 5.56 Å². The third kappa shape index (κ3) is 4.05. The summed E-state index contributed by atoms with van der Waals surface area (Å²) in [5.41, 5.74) is 1.07. The molecule has 27 heavy (non-hydrogen) atoms. The molecule has 0 saturated carbocycles. The van der Waals surface area contributed by atoms with E-state index in [9.17, 15) is 5.11 Å². The lowest BCUT2D eigenvalue weighted by Gasteiger charge is -2.10. The van der Waals surface area contributed by atoms with Crippen LogP contribution < -0.4 is 0 Å². The molecule has 1 N–H and O–H groups in total. The summed E-state index contributed by atoms with van der Waals surface area (Å²) in [6, 6.07) is 9.65. The summed E-state index contributed by atoms with van der Waals surface area (Å²) >= 11 is 0. The highest BCUT2D eigenvalue weighted by Crippen LogP contribution is 2.32. The van der Waals surface area contributed by atoms with Crippen molar-refractivity contribution >= 4 is 5.90 Å². The van der Waals surface area contributed by atoms with Crippen molar-refractivity contribution in [2.75, 3.05) is 19.8 Å². The summed E-state index contributed by atoms with van der Waals surface area (Å²) in [7, 11) is 0. The van der Waals surface area contributed by atoms with E-state index in [1.165, 1.54) is 0 Å². The van der Waals surface area contributed by atoms with Gasteiger partial charge in [-0.3, -0.25) is 0 Å². The molecule has 1 unspecified atom stereocenters. The molecule has 4 rings (SSSR count). The zero-order valence-corrected chi connectivity index (χ0v) is 15.6. The van der Waals surface area contributed by atoms with Crippen LogP contribution in [0.1, 0.15) is 44.4 Å². The second kappa shape index (κ2) is 7.42. The summed E-state index contributed by atoms with van der Waals surface area (Å²) < 4.78 is 22.5. The SMILES string of the molecule is CC1(C)COC(c2nc(C(O)CCC3OCCO3)oc2-c2ccccc2)=N1. The number of nitrogens with zero attached hydrogens (tertiary/aromatic N) is 2. The van der Waals surface area contributed by atoms with Crippen LogP contribution in [0.3, 0.4) is 0 Å². The maximum Gasteiger partial charge on any atom is 0.240 e. The first-order valence-electron chi connectivity index (χ1n) is 9.22. The lowest BCUT2D eigenvalue weighted by atomic mass is 10.1. The molecule has 0 aliphatic carbocycles. The summed E-state index contributed by atoms with van der Waals surface area (Å²) in [5, 5.41) is 10.6. The van der Waals surface area contributed by atoms with Gasteiger partial charge in [-0.1, -0.05) is 30.3 Å². The molecule has 0 radical (unpaired) electrons. The van der Waals surface area contributed by atoms with Crippen LogP contribution >= 0.6 is 0 Å². The zero-order chi connectivity index (χ0) is 18.9. The molecule has 1 aromatic heterocycles. The number of aliphatic hydroxyl groups is 1. The lowest BCUT2D eigenvalue weighted by molar-refractivity contribution is -0.0553. The summed E-state index contributed by atoms with van der Waals surface area (Å²) in [5.74, 6) is 1.25. The molecular formula is C20H24N2O5. The Labute approximate surface area is 158 Å². The standard InChI is InChI=1S/C20H24N2O5/c1-20(2)12-26-19(22-20)16-17(13-6-4-3-5-7-13)27-18(21-16)14(23)8-9-15-24-10-11-25-15/h3-7,14-15,23H,8-12H2,1-2H3. The van der Waals surface area contributed by atoms with E-state index in [0.29, 0.717) is 50.0 Å². The first kappa shape index (κ1) is 18.2. The minimum Gasteiger partial charge on any atom is -0.474 e. The molecule has 3 heterocycles. The Hall–Kier alpha value is -2.22. The predicted octanol–water partition coefficient (Wildman–Crippen LogP) is 3.08. The molecular weight excluding hydrogens is 348 g/mol. The van der Waals surface area contributed by atoms with E-state index >= 15 is 0 Å². The van der Waals surface area contributed by atoms with Gasteiger partial charge in [0, 0.05) is 12.0 Å². The fraction of sp³-hybridized carbons (Fsp3) is 0.500. The van der Waals surface area contributed by atoms with Crippen LogP contribution in [0, 0.1) is 0 Å². The maximum atomic E-state index is 10.6. The van der Waals surface area contributed by atoms with Gasteiger partial charge < -0.3 is 23.7 Å². The van der Waals surface area contributed by atoms with Crippen molar-refractivity contribution in [3.05, 3.63) is 41.9 Å². The number of benzene rings is 1. The van der Waals surface area contributed by atoms with Gasteiger partial charge in [-0.2, -0.15) is 0 Å². The van der Waals surface area contributed by atoms with Gasteiger partial charge in [0.2, 0.25) is 11.8 Å². The highest BCUT2D eigenvalue weighted by atomic mass is 16.7. The molecule has 1 saturated heterocycles. The highest BCUT2D eigenvalue weighted by molar-refractivity contribution is 5.98. The number of rotatable bonds is 6. The highest BCUT2D eigenvalue weighted by Gasteiger charge is 2.32. The van der Waals surface area contributed by atoms with Crippen molar-refractivity contribution in [3.8, 4) is 11.3 Å². The summed E-state index contributed by atoms with van der Waals surface area (Å²) in [4.78, 5) is 9.13. The third-order valence-electron chi connectivity index (χ3n) is 4.50. The first-order chi connectivity index (χ1) is 13.0. The minimum absolute atomic E-state index is 0.248. The second-order valence-electron chi connectivity index (χ2n) is 7.38. The summed E-state index contributed by atoms with van der Waals surface area (Å²) in [6.07, 6.45) is -0.128. The van der Waals surface area contributed by atoms with Gasteiger partial charge in [0.1, 0.15) is 12.7 Å². The molecule has 2 aliphatic rings. The van der Waals surface area contributed by atoms with Crippen LogP contribution in [0.4, 0.5) is 0 Å². The Morgan fingerprint density at radius 3 is 2.59 bits per heavy atom. The molecule has 0 spiro atoms. The minimum atomic E-state index is -0.857. The van der Waals surface area contributed by atoms with E-state index < -0.39 is 6.10 Å². The van der Waals surface area contributed by atoms with Crippen LogP contribution in [0.2, 0.25) is 0 Å². The lowest BCUT2D eigenvalue weighted by Crippen LogP contribution is -2.17. The zero-order valence-electron chi connectivity index (χ0n) is 15.6. The fourth-order valence-electron chi connectivity index (χ4n) is 3.11. The molecule has 1 fully saturated rings. The number of hydrogen-bond acceptors (Lipinski definition) is 7. The number of ether oxygens (including phenoxy) is 3. The van der Waals surface area contributed by atoms with Gasteiger partial charge >= 0.3 is 0 Å². The Kier molecular flexibility index (Phi) is 4.99. The van der Waals surface area contributed by atoms with E-state index in [-0.39, 0.29) is 17.7 Å². The fourth-order valence-corrected chi connectivity index (χ4v) is 3.11. The van der Waals surface area contributed by atoms with Gasteiger partial charge in [0.05, 0.1) is 18.8 Å². The maximum absolute atomic E-state index is 10.6. The van der Waals surface area contributed by atoms with Crippen molar-refractivity contribution in [2.45, 2.75) is 44.6 Å².